The van der Waals surface area contributed by atoms with Gasteiger partial charge in [0, 0.05) is 23.3 Å². The van der Waals surface area contributed by atoms with E-state index in [9.17, 15) is 4.79 Å². The topological polar surface area (TPSA) is 98.8 Å². The third-order valence-corrected chi connectivity index (χ3v) is 7.30. The van der Waals surface area contributed by atoms with E-state index in [0.717, 1.165) is 61.7 Å². The number of ether oxygens (including phenoxy) is 1. The van der Waals surface area contributed by atoms with Gasteiger partial charge in [0.1, 0.15) is 23.7 Å². The van der Waals surface area contributed by atoms with Crippen LogP contribution in [0.5, 0.6) is 5.75 Å². The molecule has 1 aliphatic carbocycles. The first-order valence-electron chi connectivity index (χ1n) is 12.5. The Morgan fingerprint density at radius 1 is 1.14 bits per heavy atom. The number of rotatable bonds is 4. The molecular weight excluding hydrogens is 466 g/mol. The van der Waals surface area contributed by atoms with Crippen molar-refractivity contribution in [2.24, 2.45) is 0 Å². The summed E-state index contributed by atoms with van der Waals surface area (Å²) >= 11 is 0. The summed E-state index contributed by atoms with van der Waals surface area (Å²) in [6, 6.07) is 16.5. The Balaban J connectivity index is 1.36. The van der Waals surface area contributed by atoms with Crippen LogP contribution in [0.2, 0.25) is 0 Å². The molecule has 1 N–H and O–H groups in total. The molecule has 1 fully saturated rings. The highest BCUT2D eigenvalue weighted by molar-refractivity contribution is 5.99. The van der Waals surface area contributed by atoms with Gasteiger partial charge in [-0.15, -0.1) is 0 Å². The molecule has 7 rings (SSSR count). The SMILES string of the molecule is C/C(=C1\c2ccccc2COc2cc(Cn3c(C4CC4)nc4c(C)ccnc43)ccc21)c1noc(=O)[nH]1. The molecule has 0 amide bonds. The van der Waals surface area contributed by atoms with Crippen molar-refractivity contribution in [3.8, 4) is 5.75 Å². The lowest BCUT2D eigenvalue weighted by Crippen LogP contribution is -2.06. The van der Waals surface area contributed by atoms with Crippen LogP contribution in [0.3, 0.4) is 0 Å². The minimum atomic E-state index is -0.577. The Morgan fingerprint density at radius 2 is 2.00 bits per heavy atom. The number of pyridine rings is 1. The van der Waals surface area contributed by atoms with E-state index >= 15 is 0 Å². The van der Waals surface area contributed by atoms with Gasteiger partial charge >= 0.3 is 5.76 Å². The lowest BCUT2D eigenvalue weighted by atomic mass is 9.90. The lowest BCUT2D eigenvalue weighted by Gasteiger charge is -2.15. The van der Waals surface area contributed by atoms with Gasteiger partial charge in [0.25, 0.3) is 0 Å². The number of nitrogens with zero attached hydrogens (tertiary/aromatic N) is 4. The number of imidazole rings is 1. The third kappa shape index (κ3) is 3.67. The maximum absolute atomic E-state index is 11.7. The summed E-state index contributed by atoms with van der Waals surface area (Å²) in [4.78, 5) is 24.0. The molecule has 2 aromatic carbocycles. The summed E-state index contributed by atoms with van der Waals surface area (Å²) in [5.41, 5.74) is 9.00. The number of aryl methyl sites for hydroxylation is 1. The fourth-order valence-corrected chi connectivity index (χ4v) is 5.24. The van der Waals surface area contributed by atoms with E-state index in [0.29, 0.717) is 24.9 Å². The van der Waals surface area contributed by atoms with Crippen LogP contribution in [0.4, 0.5) is 0 Å². The maximum Gasteiger partial charge on any atom is 0.439 e. The van der Waals surface area contributed by atoms with E-state index < -0.39 is 5.76 Å². The molecule has 8 nitrogen and oxygen atoms in total. The van der Waals surface area contributed by atoms with Gasteiger partial charge in [0.15, 0.2) is 11.5 Å². The largest absolute Gasteiger partial charge is 0.488 e. The fraction of sp³-hybridized carbons (Fsp3) is 0.241. The number of benzene rings is 2. The molecule has 0 radical (unpaired) electrons. The molecule has 0 bridgehead atoms. The quantitative estimate of drug-likeness (QED) is 0.370. The molecule has 4 heterocycles. The zero-order valence-corrected chi connectivity index (χ0v) is 20.6. The number of aromatic nitrogens is 5. The van der Waals surface area contributed by atoms with Gasteiger partial charge in [-0.05, 0) is 66.6 Å². The van der Waals surface area contributed by atoms with Crippen molar-refractivity contribution >= 4 is 22.3 Å². The number of H-pyrrole nitrogens is 1. The summed E-state index contributed by atoms with van der Waals surface area (Å²) in [5, 5.41) is 3.94. The van der Waals surface area contributed by atoms with Gasteiger partial charge in [-0.1, -0.05) is 41.6 Å². The first-order chi connectivity index (χ1) is 18.1. The second kappa shape index (κ2) is 8.30. The Labute approximate surface area is 212 Å². The predicted molar refractivity (Wildman–Crippen MR) is 139 cm³/mol. The number of fused-ring (bicyclic) bond motifs is 3. The van der Waals surface area contributed by atoms with Crippen LogP contribution < -0.4 is 10.5 Å². The van der Waals surface area contributed by atoms with Crippen LogP contribution >= 0.6 is 0 Å². The lowest BCUT2D eigenvalue weighted by molar-refractivity contribution is 0.307. The van der Waals surface area contributed by atoms with Crippen molar-refractivity contribution in [2.75, 3.05) is 0 Å². The molecule has 8 heteroatoms. The monoisotopic (exact) mass is 491 g/mol. The molecule has 0 atom stereocenters. The molecule has 1 aliphatic heterocycles. The molecule has 5 aromatic rings. The fourth-order valence-electron chi connectivity index (χ4n) is 5.24. The van der Waals surface area contributed by atoms with Crippen LogP contribution in [-0.4, -0.2) is 24.7 Å². The van der Waals surface area contributed by atoms with Crippen molar-refractivity contribution in [1.82, 2.24) is 24.7 Å². The highest BCUT2D eigenvalue weighted by Gasteiger charge is 2.30. The normalized spacial score (nSPS) is 16.2. The molecule has 3 aromatic heterocycles. The van der Waals surface area contributed by atoms with Gasteiger partial charge in [-0.25, -0.2) is 14.8 Å². The highest BCUT2D eigenvalue weighted by atomic mass is 16.5. The van der Waals surface area contributed by atoms with Gasteiger partial charge < -0.3 is 9.30 Å². The number of hydrogen-bond donors (Lipinski definition) is 1. The summed E-state index contributed by atoms with van der Waals surface area (Å²) in [7, 11) is 0. The smallest absolute Gasteiger partial charge is 0.439 e. The van der Waals surface area contributed by atoms with Crippen LogP contribution in [0.25, 0.3) is 22.3 Å². The molecule has 0 spiro atoms. The predicted octanol–water partition coefficient (Wildman–Crippen LogP) is 5.21. The summed E-state index contributed by atoms with van der Waals surface area (Å²) in [5.74, 6) is 2.24. The van der Waals surface area contributed by atoms with Crippen molar-refractivity contribution in [3.05, 3.63) is 105 Å². The van der Waals surface area contributed by atoms with Crippen molar-refractivity contribution in [2.45, 2.75) is 45.8 Å². The molecule has 2 aliphatic rings. The first kappa shape index (κ1) is 21.8. The second-order valence-electron chi connectivity index (χ2n) is 9.85. The second-order valence-corrected chi connectivity index (χ2v) is 9.85. The molecule has 1 saturated carbocycles. The van der Waals surface area contributed by atoms with E-state index in [1.165, 1.54) is 12.8 Å². The summed E-state index contributed by atoms with van der Waals surface area (Å²) in [6.45, 7) is 5.14. The minimum absolute atomic E-state index is 0.409. The Bertz CT molecular complexity index is 1770. The van der Waals surface area contributed by atoms with Crippen LogP contribution in [-0.2, 0) is 13.2 Å². The van der Waals surface area contributed by atoms with Crippen molar-refractivity contribution < 1.29 is 9.26 Å². The van der Waals surface area contributed by atoms with E-state index in [2.05, 4.69) is 56.9 Å². The van der Waals surface area contributed by atoms with Gasteiger partial charge in [-0.2, -0.15) is 0 Å². The van der Waals surface area contributed by atoms with E-state index in [1.807, 2.05) is 31.3 Å². The average Bonchev–Trinajstić information content (AvgIpc) is 3.59. The number of aromatic amines is 1. The molecule has 0 unspecified atom stereocenters. The number of nitrogens with one attached hydrogen (secondary N) is 1. The van der Waals surface area contributed by atoms with Crippen LogP contribution in [0.1, 0.15) is 65.1 Å². The Kier molecular flexibility index (Phi) is 4.89. The standard InChI is InChI=1S/C29H25N5O3/c1-16-11-12-30-28-25(16)31-27(19-8-9-19)34(28)14-18-7-10-22-23(13-18)36-15-20-5-3-4-6-21(20)24(22)17(2)26-32-29(35)37-33-26/h3-7,10-13,19H,8-9,14-15H2,1-2H3,(H,32,33,35)/b24-17-. The van der Waals surface area contributed by atoms with E-state index in [1.54, 1.807) is 0 Å². The maximum atomic E-state index is 11.7. The van der Waals surface area contributed by atoms with Crippen molar-refractivity contribution in [1.29, 1.82) is 0 Å². The van der Waals surface area contributed by atoms with E-state index in [4.69, 9.17) is 14.2 Å². The number of allylic oxidation sites excluding steroid dienone is 1. The van der Waals surface area contributed by atoms with Gasteiger partial charge in [0.2, 0.25) is 0 Å². The summed E-state index contributed by atoms with van der Waals surface area (Å²) in [6.07, 6.45) is 4.20. The van der Waals surface area contributed by atoms with Gasteiger partial charge in [0.05, 0.1) is 6.54 Å². The zero-order chi connectivity index (χ0) is 25.1. The van der Waals surface area contributed by atoms with Crippen LogP contribution in [0, 0.1) is 6.92 Å². The molecule has 37 heavy (non-hydrogen) atoms. The highest BCUT2D eigenvalue weighted by Crippen LogP contribution is 2.43. The Morgan fingerprint density at radius 3 is 2.81 bits per heavy atom. The first-order valence-corrected chi connectivity index (χ1v) is 12.5. The minimum Gasteiger partial charge on any atom is -0.488 e. The van der Waals surface area contributed by atoms with E-state index in [-0.39, 0.29) is 0 Å². The van der Waals surface area contributed by atoms with Crippen LogP contribution in [0.15, 0.2) is 64.0 Å². The summed E-state index contributed by atoms with van der Waals surface area (Å²) < 4.78 is 13.4. The molecule has 0 saturated heterocycles. The molecule has 184 valence electrons. The third-order valence-electron chi connectivity index (χ3n) is 7.30. The average molecular weight is 492 g/mol. The molecular formula is C29H25N5O3. The Hall–Kier alpha value is -4.46. The zero-order valence-electron chi connectivity index (χ0n) is 20.6. The van der Waals surface area contributed by atoms with Gasteiger partial charge in [-0.3, -0.25) is 9.51 Å². The number of hydrogen-bond acceptors (Lipinski definition) is 6. The van der Waals surface area contributed by atoms with Crippen molar-refractivity contribution in [3.63, 3.8) is 0 Å².